The van der Waals surface area contributed by atoms with E-state index in [0.717, 1.165) is 4.88 Å². The van der Waals surface area contributed by atoms with Crippen LogP contribution in [0, 0.1) is 0 Å². The quantitative estimate of drug-likeness (QED) is 0.930. The van der Waals surface area contributed by atoms with E-state index in [2.05, 4.69) is 0 Å². The van der Waals surface area contributed by atoms with Crippen molar-refractivity contribution in [3.8, 4) is 5.75 Å². The molecule has 100 valence electrons. The van der Waals surface area contributed by atoms with E-state index >= 15 is 0 Å². The fraction of sp³-hybridized carbons (Fsp3) is 0.267. The van der Waals surface area contributed by atoms with Crippen LogP contribution in [0.2, 0.25) is 0 Å². The number of carbonyl (C=O) groups excluding carboxylic acids is 1. The molecule has 3 nitrogen and oxygen atoms in total. The Morgan fingerprint density at radius 1 is 1.32 bits per heavy atom. The molecule has 0 radical (unpaired) electrons. The summed E-state index contributed by atoms with van der Waals surface area (Å²) in [5.74, 6) is 0.176. The zero-order valence-electron chi connectivity index (χ0n) is 11.0. The average molecular weight is 275 g/mol. The summed E-state index contributed by atoms with van der Waals surface area (Å²) in [7, 11) is 1.80. The van der Waals surface area contributed by atoms with Crippen molar-refractivity contribution < 1.29 is 9.90 Å². The van der Waals surface area contributed by atoms with Gasteiger partial charge in [0.15, 0.2) is 0 Å². The summed E-state index contributed by atoms with van der Waals surface area (Å²) in [6.07, 6.45) is 0.221. The maximum Gasteiger partial charge on any atom is 0.227 e. The molecule has 4 heteroatoms. The number of likely N-dealkylation sites (N-methyl/N-ethyl adjacent to an activating group) is 1. The maximum atomic E-state index is 12.2. The van der Waals surface area contributed by atoms with Gasteiger partial charge in [-0.2, -0.15) is 0 Å². The minimum absolute atomic E-state index is 0.00222. The first-order valence-electron chi connectivity index (χ1n) is 6.15. The Hall–Kier alpha value is -1.81. The van der Waals surface area contributed by atoms with E-state index in [1.54, 1.807) is 41.5 Å². The van der Waals surface area contributed by atoms with Gasteiger partial charge in [0.25, 0.3) is 0 Å². The number of phenols is 1. The van der Waals surface area contributed by atoms with Crippen LogP contribution in [0.5, 0.6) is 5.75 Å². The second kappa shape index (κ2) is 5.89. The summed E-state index contributed by atoms with van der Waals surface area (Å²) in [5.41, 5.74) is 0.665. The number of thiophene rings is 1. The fourth-order valence-electron chi connectivity index (χ4n) is 1.88. The van der Waals surface area contributed by atoms with E-state index < -0.39 is 0 Å². The van der Waals surface area contributed by atoms with Gasteiger partial charge in [0, 0.05) is 17.5 Å². The number of aromatic hydroxyl groups is 1. The normalized spacial score (nSPS) is 12.1. The van der Waals surface area contributed by atoms with E-state index in [9.17, 15) is 9.90 Å². The Bertz CT molecular complexity index is 551. The average Bonchev–Trinajstić information content (AvgIpc) is 2.93. The monoisotopic (exact) mass is 275 g/mol. The van der Waals surface area contributed by atoms with E-state index in [1.165, 1.54) is 0 Å². The molecule has 0 aliphatic carbocycles. The Labute approximate surface area is 117 Å². The van der Waals surface area contributed by atoms with Crippen molar-refractivity contribution in [1.82, 2.24) is 4.90 Å². The lowest BCUT2D eigenvalue weighted by Crippen LogP contribution is -2.30. The molecule has 1 unspecified atom stereocenters. The third-order valence-corrected chi connectivity index (χ3v) is 4.31. The van der Waals surface area contributed by atoms with Gasteiger partial charge in [-0.25, -0.2) is 0 Å². The van der Waals surface area contributed by atoms with E-state index in [0.29, 0.717) is 5.56 Å². The van der Waals surface area contributed by atoms with Crippen molar-refractivity contribution in [3.63, 3.8) is 0 Å². The summed E-state index contributed by atoms with van der Waals surface area (Å²) in [6, 6.07) is 11.0. The maximum absolute atomic E-state index is 12.2. The largest absolute Gasteiger partial charge is 0.508 e. The number of rotatable bonds is 4. The van der Waals surface area contributed by atoms with Crippen LogP contribution >= 0.6 is 11.3 Å². The number of amides is 1. The highest BCUT2D eigenvalue weighted by atomic mass is 32.1. The predicted octanol–water partition coefficient (Wildman–Crippen LogP) is 3.22. The van der Waals surface area contributed by atoms with Crippen molar-refractivity contribution in [2.75, 3.05) is 7.05 Å². The Balaban J connectivity index is 2.06. The molecule has 1 N–H and O–H groups in total. The van der Waals surface area contributed by atoms with Gasteiger partial charge in [-0.05, 0) is 24.4 Å². The molecule has 0 saturated heterocycles. The Morgan fingerprint density at radius 3 is 2.68 bits per heavy atom. The van der Waals surface area contributed by atoms with E-state index in [1.807, 2.05) is 30.5 Å². The highest BCUT2D eigenvalue weighted by Crippen LogP contribution is 2.25. The topological polar surface area (TPSA) is 40.5 Å². The minimum Gasteiger partial charge on any atom is -0.508 e. The molecule has 1 atom stereocenters. The number of benzene rings is 1. The number of nitrogens with zero attached hydrogens (tertiary/aromatic N) is 1. The molecule has 1 aromatic carbocycles. The lowest BCUT2D eigenvalue weighted by molar-refractivity contribution is -0.131. The lowest BCUT2D eigenvalue weighted by Gasteiger charge is -2.24. The molecule has 0 saturated carbocycles. The van der Waals surface area contributed by atoms with E-state index in [-0.39, 0.29) is 24.1 Å². The first-order valence-corrected chi connectivity index (χ1v) is 7.03. The third-order valence-electron chi connectivity index (χ3n) is 3.26. The fourth-order valence-corrected chi connectivity index (χ4v) is 2.71. The van der Waals surface area contributed by atoms with Gasteiger partial charge in [-0.1, -0.05) is 24.3 Å². The van der Waals surface area contributed by atoms with Crippen LogP contribution in [0.15, 0.2) is 41.8 Å². The van der Waals surface area contributed by atoms with Gasteiger partial charge < -0.3 is 10.0 Å². The summed E-state index contributed by atoms with van der Waals surface area (Å²) in [5, 5.41) is 11.7. The number of hydrogen-bond donors (Lipinski definition) is 1. The van der Waals surface area contributed by atoms with Crippen molar-refractivity contribution in [1.29, 1.82) is 0 Å². The highest BCUT2D eigenvalue weighted by molar-refractivity contribution is 7.10. The zero-order valence-corrected chi connectivity index (χ0v) is 11.9. The zero-order chi connectivity index (χ0) is 13.8. The summed E-state index contributed by atoms with van der Waals surface area (Å²) in [4.78, 5) is 15.1. The lowest BCUT2D eigenvalue weighted by atomic mass is 10.1. The first-order chi connectivity index (χ1) is 9.09. The standard InChI is InChI=1S/C15H17NO2S/c1-11(14-8-5-9-19-14)16(2)15(18)10-12-6-3-4-7-13(12)17/h3-9,11,17H,10H2,1-2H3. The van der Waals surface area contributed by atoms with Gasteiger partial charge >= 0.3 is 0 Å². The van der Waals surface area contributed by atoms with Crippen LogP contribution in [-0.4, -0.2) is 23.0 Å². The summed E-state index contributed by atoms with van der Waals surface area (Å²) >= 11 is 1.64. The second-order valence-corrected chi connectivity index (χ2v) is 5.48. The number of phenolic OH excluding ortho intramolecular Hbond substituents is 1. The third kappa shape index (κ3) is 3.15. The first kappa shape index (κ1) is 13.6. The van der Waals surface area contributed by atoms with Crippen LogP contribution in [0.25, 0.3) is 0 Å². The number of para-hydroxylation sites is 1. The van der Waals surface area contributed by atoms with Crippen molar-refractivity contribution in [2.45, 2.75) is 19.4 Å². The highest BCUT2D eigenvalue weighted by Gasteiger charge is 2.19. The molecule has 0 bridgehead atoms. The van der Waals surface area contributed by atoms with Gasteiger partial charge in [0.1, 0.15) is 5.75 Å². The van der Waals surface area contributed by atoms with Crippen LogP contribution in [-0.2, 0) is 11.2 Å². The van der Waals surface area contributed by atoms with Crippen molar-refractivity contribution in [3.05, 3.63) is 52.2 Å². The molecule has 1 amide bonds. The molecule has 19 heavy (non-hydrogen) atoms. The van der Waals surface area contributed by atoms with Gasteiger partial charge in [-0.15, -0.1) is 11.3 Å². The molecule has 0 aliphatic heterocycles. The molecule has 2 rings (SSSR count). The molecule has 1 aromatic heterocycles. The van der Waals surface area contributed by atoms with Gasteiger partial charge in [0.05, 0.1) is 12.5 Å². The SMILES string of the molecule is CC(c1cccs1)N(C)C(=O)Cc1ccccc1O. The molecule has 0 spiro atoms. The Morgan fingerprint density at radius 2 is 2.05 bits per heavy atom. The van der Waals surface area contributed by atoms with Crippen molar-refractivity contribution >= 4 is 17.2 Å². The number of carbonyl (C=O) groups is 1. The molecule has 1 heterocycles. The predicted molar refractivity (Wildman–Crippen MR) is 77.3 cm³/mol. The second-order valence-electron chi connectivity index (χ2n) is 4.50. The molecular formula is C15H17NO2S. The molecule has 2 aromatic rings. The van der Waals surface area contributed by atoms with Gasteiger partial charge in [-0.3, -0.25) is 4.79 Å². The van der Waals surface area contributed by atoms with Crippen LogP contribution in [0.3, 0.4) is 0 Å². The number of hydrogen-bond acceptors (Lipinski definition) is 3. The molecule has 0 fully saturated rings. The smallest absolute Gasteiger partial charge is 0.227 e. The van der Waals surface area contributed by atoms with Crippen molar-refractivity contribution in [2.24, 2.45) is 0 Å². The minimum atomic E-state index is 0.00222. The Kier molecular flexibility index (Phi) is 4.22. The van der Waals surface area contributed by atoms with Crippen LogP contribution in [0.4, 0.5) is 0 Å². The van der Waals surface area contributed by atoms with E-state index in [4.69, 9.17) is 0 Å². The van der Waals surface area contributed by atoms with Crippen LogP contribution < -0.4 is 0 Å². The summed E-state index contributed by atoms with van der Waals surface area (Å²) in [6.45, 7) is 2.01. The molecule has 0 aliphatic rings. The van der Waals surface area contributed by atoms with Gasteiger partial charge in [0.2, 0.25) is 5.91 Å². The molecular weight excluding hydrogens is 258 g/mol. The summed E-state index contributed by atoms with van der Waals surface area (Å²) < 4.78 is 0. The van der Waals surface area contributed by atoms with Crippen LogP contribution in [0.1, 0.15) is 23.4 Å².